The first-order valence-corrected chi connectivity index (χ1v) is 25.2. The van der Waals surface area contributed by atoms with Crippen molar-refractivity contribution in [3.05, 3.63) is 288 Å². The number of nitrogens with zero attached hydrogens (tertiary/aromatic N) is 2. The Kier molecular flexibility index (Phi) is 8.66. The summed E-state index contributed by atoms with van der Waals surface area (Å²) in [6.45, 7) is 4.71. The number of hydrogen-bond donors (Lipinski definition) is 0. The molecule has 11 aromatic carbocycles. The summed E-state index contributed by atoms with van der Waals surface area (Å²) in [5, 5.41) is 2.54. The van der Waals surface area contributed by atoms with E-state index in [1.54, 1.807) is 0 Å². The molecule has 0 bridgehead atoms. The Morgan fingerprint density at radius 1 is 0.306 bits per heavy atom. The normalized spacial score (nSPS) is 13.9. The Morgan fingerprint density at radius 2 is 0.750 bits per heavy atom. The molecule has 0 atom stereocenters. The van der Waals surface area contributed by atoms with Crippen LogP contribution in [0.1, 0.15) is 47.2 Å². The maximum atomic E-state index is 2.54. The van der Waals surface area contributed by atoms with Gasteiger partial charge in [0.15, 0.2) is 0 Å². The quantitative estimate of drug-likeness (QED) is 0.161. The van der Waals surface area contributed by atoms with Gasteiger partial charge in [-0.2, -0.15) is 0 Å². The number of anilines is 3. The van der Waals surface area contributed by atoms with Gasteiger partial charge in [0.1, 0.15) is 0 Å². The highest BCUT2D eigenvalue weighted by Gasteiger charge is 2.51. The number of aromatic nitrogens is 1. The van der Waals surface area contributed by atoms with E-state index in [1.165, 1.54) is 117 Å². The van der Waals surface area contributed by atoms with Crippen LogP contribution >= 0.6 is 0 Å². The molecule has 0 saturated heterocycles. The molecule has 0 unspecified atom stereocenters. The molecule has 1 spiro atoms. The summed E-state index contributed by atoms with van der Waals surface area (Å²) < 4.78 is 2.54. The topological polar surface area (TPSA) is 8.17 Å². The van der Waals surface area contributed by atoms with E-state index in [0.717, 1.165) is 17.1 Å². The second kappa shape index (κ2) is 15.3. The summed E-state index contributed by atoms with van der Waals surface area (Å²) in [6.07, 6.45) is 0. The van der Waals surface area contributed by atoms with Gasteiger partial charge in [0.05, 0.1) is 22.1 Å². The molecule has 0 radical (unpaired) electrons. The van der Waals surface area contributed by atoms with Gasteiger partial charge in [-0.1, -0.05) is 202 Å². The molecule has 338 valence electrons. The van der Waals surface area contributed by atoms with Crippen LogP contribution in [-0.2, 0) is 10.8 Å². The van der Waals surface area contributed by atoms with E-state index in [4.69, 9.17) is 0 Å². The van der Waals surface area contributed by atoms with Crippen molar-refractivity contribution in [2.24, 2.45) is 0 Å². The molecule has 2 heterocycles. The van der Waals surface area contributed by atoms with E-state index in [2.05, 4.69) is 278 Å². The van der Waals surface area contributed by atoms with E-state index in [1.807, 2.05) is 0 Å². The molecule has 12 aromatic rings. The van der Waals surface area contributed by atoms with Crippen molar-refractivity contribution in [2.45, 2.75) is 24.7 Å². The fourth-order valence-corrected chi connectivity index (χ4v) is 13.1. The van der Waals surface area contributed by atoms with Gasteiger partial charge in [-0.3, -0.25) is 0 Å². The standard InChI is InChI=1S/C70H48N2/c1-69(2)60-22-10-6-18-54(60)57-41-34-49(43-64(57)69)47-30-37-52(38-31-47)71(51-35-28-46(29-36-51)45-16-4-3-5-17-45)53-39-32-48(33-40-53)50-42-59-58-21-9-14-26-66(58)72-67-27-15-13-25-63(67)70(65(44-50)68(59)72)61-23-11-7-19-55(61)56-20-8-12-24-62(56)70/h3-44H,1-2H3. The molecule has 2 nitrogen and oxygen atoms in total. The van der Waals surface area contributed by atoms with Crippen molar-refractivity contribution in [1.82, 2.24) is 4.57 Å². The summed E-state index contributed by atoms with van der Waals surface area (Å²) >= 11 is 0. The third kappa shape index (κ3) is 5.66. The van der Waals surface area contributed by atoms with Gasteiger partial charge in [0, 0.05) is 33.2 Å². The van der Waals surface area contributed by atoms with Crippen molar-refractivity contribution < 1.29 is 0 Å². The van der Waals surface area contributed by atoms with E-state index >= 15 is 0 Å². The Hall–Kier alpha value is -8.98. The number of rotatable bonds is 6. The third-order valence-corrected chi connectivity index (χ3v) is 16.4. The van der Waals surface area contributed by atoms with Crippen molar-refractivity contribution in [3.63, 3.8) is 0 Å². The maximum Gasteiger partial charge on any atom is 0.0754 e. The first kappa shape index (κ1) is 40.9. The van der Waals surface area contributed by atoms with Crippen LogP contribution < -0.4 is 4.90 Å². The largest absolute Gasteiger partial charge is 0.311 e. The van der Waals surface area contributed by atoms with Crippen LogP contribution in [-0.4, -0.2) is 4.57 Å². The monoisotopic (exact) mass is 916 g/mol. The summed E-state index contributed by atoms with van der Waals surface area (Å²) in [7, 11) is 0. The molecule has 1 aliphatic heterocycles. The summed E-state index contributed by atoms with van der Waals surface area (Å²) in [6, 6.07) is 95.2. The zero-order valence-electron chi connectivity index (χ0n) is 40.1. The fraction of sp³-hybridized carbons (Fsp3) is 0.0571. The molecule has 0 amide bonds. The van der Waals surface area contributed by atoms with E-state index < -0.39 is 5.41 Å². The number of para-hydroxylation sites is 2. The summed E-state index contributed by atoms with van der Waals surface area (Å²) in [5.74, 6) is 0. The van der Waals surface area contributed by atoms with E-state index in [9.17, 15) is 0 Å². The molecular formula is C70H48N2. The molecule has 0 saturated carbocycles. The van der Waals surface area contributed by atoms with Gasteiger partial charge in [-0.15, -0.1) is 0 Å². The smallest absolute Gasteiger partial charge is 0.0754 e. The number of benzene rings is 11. The lowest BCUT2D eigenvalue weighted by Gasteiger charge is -2.39. The third-order valence-electron chi connectivity index (χ3n) is 16.4. The molecule has 15 rings (SSSR count). The van der Waals surface area contributed by atoms with Gasteiger partial charge in [0.2, 0.25) is 0 Å². The highest BCUT2D eigenvalue weighted by atomic mass is 15.1. The minimum atomic E-state index is -0.502. The first-order chi connectivity index (χ1) is 35.5. The maximum absolute atomic E-state index is 2.54. The van der Waals surface area contributed by atoms with Crippen LogP contribution in [0.2, 0.25) is 0 Å². The number of hydrogen-bond acceptors (Lipinski definition) is 1. The lowest BCUT2D eigenvalue weighted by atomic mass is 9.65. The lowest BCUT2D eigenvalue weighted by molar-refractivity contribution is 0.660. The molecular weight excluding hydrogens is 869 g/mol. The van der Waals surface area contributed by atoms with Crippen LogP contribution in [0.5, 0.6) is 0 Å². The van der Waals surface area contributed by atoms with Crippen molar-refractivity contribution >= 4 is 38.9 Å². The van der Waals surface area contributed by atoms with Gasteiger partial charge >= 0.3 is 0 Å². The van der Waals surface area contributed by atoms with E-state index in [-0.39, 0.29) is 5.41 Å². The average Bonchev–Trinajstić information content (AvgIpc) is 4.03. The zero-order valence-corrected chi connectivity index (χ0v) is 40.1. The minimum Gasteiger partial charge on any atom is -0.311 e. The SMILES string of the molecule is CC1(C)c2ccccc2-c2ccc(-c3ccc(N(c4ccc(-c5ccccc5)cc4)c4ccc(-c5cc6c7c(c5)c5ccccc5n7-c5ccccc5C65c6ccccc6-c6ccccc65)cc4)cc3)cc21. The van der Waals surface area contributed by atoms with E-state index in [0.29, 0.717) is 0 Å². The fourth-order valence-electron chi connectivity index (χ4n) is 13.1. The van der Waals surface area contributed by atoms with Crippen molar-refractivity contribution in [2.75, 3.05) is 4.90 Å². The summed E-state index contributed by atoms with van der Waals surface area (Å²) in [5.41, 5.74) is 27.1. The molecule has 2 aliphatic carbocycles. The minimum absolute atomic E-state index is 0.0569. The van der Waals surface area contributed by atoms with Crippen LogP contribution in [0.4, 0.5) is 17.1 Å². The van der Waals surface area contributed by atoms with Crippen LogP contribution in [0.25, 0.3) is 83.1 Å². The molecule has 0 N–H and O–H groups in total. The number of fused-ring (bicyclic) bond motifs is 15. The summed E-state index contributed by atoms with van der Waals surface area (Å²) in [4.78, 5) is 2.39. The second-order valence-electron chi connectivity index (χ2n) is 20.4. The Labute approximate surface area is 420 Å². The van der Waals surface area contributed by atoms with Gasteiger partial charge in [-0.25, -0.2) is 0 Å². The van der Waals surface area contributed by atoms with Crippen molar-refractivity contribution in [1.29, 1.82) is 0 Å². The van der Waals surface area contributed by atoms with Crippen LogP contribution in [0.15, 0.2) is 255 Å². The highest BCUT2D eigenvalue weighted by molar-refractivity contribution is 6.14. The van der Waals surface area contributed by atoms with Crippen LogP contribution in [0, 0.1) is 0 Å². The predicted molar refractivity (Wildman–Crippen MR) is 300 cm³/mol. The van der Waals surface area contributed by atoms with Gasteiger partial charge < -0.3 is 9.47 Å². The first-order valence-electron chi connectivity index (χ1n) is 25.2. The molecule has 2 heteroatoms. The Bertz CT molecular complexity index is 4110. The van der Waals surface area contributed by atoms with Crippen molar-refractivity contribution in [3.8, 4) is 61.3 Å². The van der Waals surface area contributed by atoms with Gasteiger partial charge in [0.25, 0.3) is 0 Å². The lowest BCUT2D eigenvalue weighted by Crippen LogP contribution is -2.33. The predicted octanol–water partition coefficient (Wildman–Crippen LogP) is 18.2. The Balaban J connectivity index is 0.874. The van der Waals surface area contributed by atoms with Crippen LogP contribution in [0.3, 0.4) is 0 Å². The molecule has 3 aliphatic rings. The zero-order chi connectivity index (χ0) is 47.7. The average molecular weight is 917 g/mol. The second-order valence-corrected chi connectivity index (χ2v) is 20.4. The molecule has 72 heavy (non-hydrogen) atoms. The molecule has 1 aromatic heterocycles. The highest BCUT2D eigenvalue weighted by Crippen LogP contribution is 2.61. The van der Waals surface area contributed by atoms with Gasteiger partial charge in [-0.05, 0) is 156 Å². The molecule has 0 fully saturated rings. The Morgan fingerprint density at radius 3 is 1.39 bits per heavy atom.